The van der Waals surface area contributed by atoms with Gasteiger partial charge in [0.1, 0.15) is 0 Å². The van der Waals surface area contributed by atoms with E-state index in [1.807, 2.05) is 0 Å². The molecule has 0 saturated heterocycles. The molecular weight excluding hydrogens is 188 g/mol. The molecule has 0 saturated carbocycles. The first-order chi connectivity index (χ1) is 4.98. The Morgan fingerprint density at radius 1 is 1.50 bits per heavy atom. The van der Waals surface area contributed by atoms with E-state index in [4.69, 9.17) is 15.3 Å². The fourth-order valence-corrected chi connectivity index (χ4v) is 0.602. The van der Waals surface area contributed by atoms with Gasteiger partial charge in [-0.15, -0.1) is 0 Å². The van der Waals surface area contributed by atoms with E-state index in [-0.39, 0.29) is 57.0 Å². The van der Waals surface area contributed by atoms with E-state index in [0.29, 0.717) is 0 Å². The van der Waals surface area contributed by atoms with Gasteiger partial charge in [-0.3, -0.25) is 4.79 Å². The molecule has 0 bridgehead atoms. The number of aliphatic hydroxyl groups is 2. The van der Waals surface area contributed by atoms with Crippen LogP contribution in [-0.4, -0.2) is 64.8 Å². The molecule has 3 N–H and O–H groups in total. The second-order valence-corrected chi connectivity index (χ2v) is 2.33. The zero-order valence-electron chi connectivity index (χ0n) is 6.16. The van der Waals surface area contributed by atoms with Crippen molar-refractivity contribution in [2.24, 2.45) is 0 Å². The summed E-state index contributed by atoms with van der Waals surface area (Å²) in [5.74, 6) is -2.86. The van der Waals surface area contributed by atoms with Crippen LogP contribution in [0.1, 0.15) is 19.3 Å². The van der Waals surface area contributed by atoms with E-state index in [0.717, 1.165) is 6.08 Å². The first-order valence-electron chi connectivity index (χ1n) is 3.28. The molecule has 0 radical (unpaired) electrons. The van der Waals surface area contributed by atoms with Crippen molar-refractivity contribution in [2.75, 3.05) is 0 Å². The summed E-state index contributed by atoms with van der Waals surface area (Å²) in [6, 6.07) is 0. The summed E-state index contributed by atoms with van der Waals surface area (Å²) in [6.07, 6.45) is 1.16. The number of carboxylic acids is 1. The third-order valence-corrected chi connectivity index (χ3v) is 1.26. The molecule has 12 heavy (non-hydrogen) atoms. The summed E-state index contributed by atoms with van der Waals surface area (Å²) in [5, 5.41) is 26.0. The molecule has 0 unspecified atom stereocenters. The number of hydrogen-bond acceptors (Lipinski definition) is 3. The fraction of sp³-hybridized carbons (Fsp3) is 0.571. The van der Waals surface area contributed by atoms with E-state index >= 15 is 0 Å². The van der Waals surface area contributed by atoms with Gasteiger partial charge in [0.05, 0.1) is 0 Å². The molecule has 0 aliphatic heterocycles. The Morgan fingerprint density at radius 2 is 2.00 bits per heavy atom. The van der Waals surface area contributed by atoms with E-state index in [1.54, 1.807) is 0 Å². The van der Waals surface area contributed by atoms with Crippen LogP contribution in [0.25, 0.3) is 0 Å². The van der Waals surface area contributed by atoms with Crippen molar-refractivity contribution in [3.63, 3.8) is 0 Å². The molecule has 0 spiro atoms. The van der Waals surface area contributed by atoms with Crippen LogP contribution < -0.4 is 0 Å². The van der Waals surface area contributed by atoms with Gasteiger partial charge in [-0.05, 0) is 12.5 Å². The summed E-state index contributed by atoms with van der Waals surface area (Å²) < 4.78 is 0. The molecule has 0 fully saturated rings. The maximum absolute atomic E-state index is 9.98. The summed E-state index contributed by atoms with van der Waals surface area (Å²) in [7, 11) is 0. The van der Waals surface area contributed by atoms with Crippen molar-refractivity contribution in [3.8, 4) is 0 Å². The molecule has 68 valence electrons. The Labute approximate surface area is 101 Å². The average Bonchev–Trinajstić information content (AvgIpc) is 1.87. The van der Waals surface area contributed by atoms with Crippen molar-refractivity contribution in [3.05, 3.63) is 12.7 Å². The van der Waals surface area contributed by atoms with Gasteiger partial charge in [-0.1, -0.05) is 6.58 Å². The van der Waals surface area contributed by atoms with Gasteiger partial charge in [-0.25, -0.2) is 0 Å². The van der Waals surface area contributed by atoms with Crippen LogP contribution in [0.5, 0.6) is 0 Å². The Kier molecular flexibility index (Phi) is 8.51. The van der Waals surface area contributed by atoms with Gasteiger partial charge < -0.3 is 15.3 Å². The Morgan fingerprint density at radius 3 is 2.33 bits per heavy atom. The second-order valence-electron chi connectivity index (χ2n) is 2.33. The van der Waals surface area contributed by atoms with E-state index in [9.17, 15) is 4.79 Å². The minimum atomic E-state index is -1.92. The van der Waals surface area contributed by atoms with E-state index in [1.165, 1.54) is 0 Å². The summed E-state index contributed by atoms with van der Waals surface area (Å²) in [6.45, 7) is 3.18. The van der Waals surface area contributed by atoms with E-state index < -0.39 is 11.8 Å². The van der Waals surface area contributed by atoms with Crippen LogP contribution in [0.4, 0.5) is 0 Å². The average molecular weight is 202 g/mol. The second kappa shape index (κ2) is 6.86. The van der Waals surface area contributed by atoms with Crippen LogP contribution in [0, 0.1) is 0 Å². The molecular formula is C7H14CaO4. The van der Waals surface area contributed by atoms with Gasteiger partial charge in [0.25, 0.3) is 0 Å². The number of rotatable bonds is 5. The topological polar surface area (TPSA) is 77.8 Å². The monoisotopic (exact) mass is 202 g/mol. The van der Waals surface area contributed by atoms with E-state index in [2.05, 4.69) is 6.58 Å². The predicted molar refractivity (Wildman–Crippen MR) is 47.4 cm³/mol. The molecule has 0 heterocycles. The van der Waals surface area contributed by atoms with Crippen molar-refractivity contribution in [1.82, 2.24) is 0 Å². The third-order valence-electron chi connectivity index (χ3n) is 1.26. The minimum absolute atomic E-state index is 0. The zero-order chi connectivity index (χ0) is 8.91. The molecule has 0 amide bonds. The molecule has 4 nitrogen and oxygen atoms in total. The van der Waals surface area contributed by atoms with Gasteiger partial charge in [0.15, 0.2) is 5.79 Å². The summed E-state index contributed by atoms with van der Waals surface area (Å²) >= 11 is 0. The van der Waals surface area contributed by atoms with Gasteiger partial charge >= 0.3 is 43.7 Å². The Balaban J connectivity index is 0. The predicted octanol–water partition coefficient (Wildman–Crippen LogP) is -0.808. The molecule has 0 rings (SSSR count). The zero-order valence-corrected chi connectivity index (χ0v) is 6.16. The third kappa shape index (κ3) is 8.49. The van der Waals surface area contributed by atoms with Crippen molar-refractivity contribution < 1.29 is 20.1 Å². The number of carbonyl (C=O) groups is 1. The Bertz CT molecular complexity index is 155. The first kappa shape index (κ1) is 14.9. The van der Waals surface area contributed by atoms with Crippen LogP contribution in [0.3, 0.4) is 0 Å². The summed E-state index contributed by atoms with van der Waals surface area (Å²) in [4.78, 5) is 9.98. The molecule has 0 aromatic heterocycles. The molecule has 0 aromatic rings. The SMILES string of the molecule is C=CC(O)(O)CCCC(=O)O.[CaH2]. The quantitative estimate of drug-likeness (QED) is 0.309. The number of hydrogen-bond donors (Lipinski definition) is 3. The Hall–Kier alpha value is 0.390. The standard InChI is InChI=1S/C7H12O4.Ca.2H/c1-2-7(10,11)5-3-4-6(8)9;;;/h2,10-11H,1,3-5H2,(H,8,9);;;. The molecule has 0 aliphatic carbocycles. The van der Waals surface area contributed by atoms with Gasteiger partial charge in [0, 0.05) is 12.8 Å². The van der Waals surface area contributed by atoms with Gasteiger partial charge in [-0.2, -0.15) is 0 Å². The van der Waals surface area contributed by atoms with Crippen LogP contribution in [0.2, 0.25) is 0 Å². The molecule has 0 aliphatic rings. The van der Waals surface area contributed by atoms with Crippen molar-refractivity contribution in [1.29, 1.82) is 0 Å². The van der Waals surface area contributed by atoms with Crippen molar-refractivity contribution >= 4 is 43.7 Å². The van der Waals surface area contributed by atoms with Gasteiger partial charge in [0.2, 0.25) is 0 Å². The maximum atomic E-state index is 9.98. The molecule has 0 aromatic carbocycles. The fourth-order valence-electron chi connectivity index (χ4n) is 0.602. The molecule has 5 heteroatoms. The first-order valence-corrected chi connectivity index (χ1v) is 3.28. The summed E-state index contributed by atoms with van der Waals surface area (Å²) in [5.41, 5.74) is 0. The van der Waals surface area contributed by atoms with Crippen LogP contribution >= 0.6 is 0 Å². The van der Waals surface area contributed by atoms with Crippen LogP contribution in [0.15, 0.2) is 12.7 Å². The number of carboxylic acid groups (broad SMARTS) is 1. The van der Waals surface area contributed by atoms with Crippen molar-refractivity contribution in [2.45, 2.75) is 25.0 Å². The normalized spacial score (nSPS) is 10.2. The molecule has 0 atom stereocenters. The van der Waals surface area contributed by atoms with Crippen LogP contribution in [-0.2, 0) is 4.79 Å². The number of aliphatic carboxylic acids is 1.